The molecule has 3 aliphatic rings. The van der Waals surface area contributed by atoms with Crippen LogP contribution in [0, 0.1) is 0 Å². The van der Waals surface area contributed by atoms with Gasteiger partial charge in [-0.3, -0.25) is 4.90 Å². The van der Waals surface area contributed by atoms with Crippen LogP contribution in [0.4, 0.5) is 11.4 Å². The van der Waals surface area contributed by atoms with Crippen LogP contribution in [0.3, 0.4) is 0 Å². The summed E-state index contributed by atoms with van der Waals surface area (Å²) in [6.45, 7) is 2.33. The van der Waals surface area contributed by atoms with Crippen molar-refractivity contribution in [3.8, 4) is 0 Å². The molecule has 80 valence electrons. The summed E-state index contributed by atoms with van der Waals surface area (Å²) in [4.78, 5) is 4.96. The molecule has 3 fully saturated rings. The molecule has 0 spiro atoms. The van der Waals surface area contributed by atoms with Crippen LogP contribution >= 0.6 is 0 Å². The van der Waals surface area contributed by atoms with Crippen molar-refractivity contribution in [2.24, 2.45) is 0 Å². The molecule has 2 bridgehead atoms. The Labute approximate surface area is 90.5 Å². The Kier molecular flexibility index (Phi) is 1.89. The highest BCUT2D eigenvalue weighted by atomic mass is 15.3. The van der Waals surface area contributed by atoms with Crippen molar-refractivity contribution in [3.05, 3.63) is 24.3 Å². The van der Waals surface area contributed by atoms with Crippen LogP contribution in [0.2, 0.25) is 0 Å². The molecule has 2 unspecified atom stereocenters. The van der Waals surface area contributed by atoms with Gasteiger partial charge in [0.05, 0.1) is 0 Å². The predicted octanol–water partition coefficient (Wildman–Crippen LogP) is 1.16. The molecule has 0 amide bonds. The third-order valence-electron chi connectivity index (χ3n) is 3.82. The zero-order valence-corrected chi connectivity index (χ0v) is 9.06. The summed E-state index contributed by atoms with van der Waals surface area (Å²) in [5, 5.41) is 0. The lowest BCUT2D eigenvalue weighted by Crippen LogP contribution is -2.67. The van der Waals surface area contributed by atoms with E-state index in [4.69, 9.17) is 5.73 Å². The molecule has 0 aromatic heterocycles. The maximum atomic E-state index is 5.69. The van der Waals surface area contributed by atoms with Crippen LogP contribution in [0.25, 0.3) is 0 Å². The molecule has 3 heterocycles. The zero-order chi connectivity index (χ0) is 10.4. The van der Waals surface area contributed by atoms with Crippen molar-refractivity contribution in [1.82, 2.24) is 4.90 Å². The van der Waals surface area contributed by atoms with Gasteiger partial charge < -0.3 is 10.6 Å². The SMILES string of the molecule is CN1C2CC1CN(c1ccc(N)cc1)C2. The van der Waals surface area contributed by atoms with Gasteiger partial charge in [-0.15, -0.1) is 0 Å². The molecule has 1 aromatic rings. The highest BCUT2D eigenvalue weighted by Gasteiger charge is 2.41. The summed E-state index contributed by atoms with van der Waals surface area (Å²) in [6, 6.07) is 9.75. The fourth-order valence-corrected chi connectivity index (χ4v) is 2.69. The molecular formula is C12H17N3. The van der Waals surface area contributed by atoms with E-state index in [1.807, 2.05) is 12.1 Å². The standard InChI is InChI=1S/C12H17N3/c1-14-11-6-12(14)8-15(7-11)10-4-2-9(13)3-5-10/h2-5,11-12H,6-8,13H2,1H3. The first-order valence-corrected chi connectivity index (χ1v) is 5.56. The van der Waals surface area contributed by atoms with Gasteiger partial charge >= 0.3 is 0 Å². The highest BCUT2D eigenvalue weighted by Crippen LogP contribution is 2.33. The average Bonchev–Trinajstić information content (AvgIpc) is 2.29. The lowest BCUT2D eigenvalue weighted by molar-refractivity contribution is 0.0264. The summed E-state index contributed by atoms with van der Waals surface area (Å²) in [7, 11) is 2.24. The molecule has 3 aliphatic heterocycles. The maximum absolute atomic E-state index is 5.69. The fourth-order valence-electron chi connectivity index (χ4n) is 2.69. The largest absolute Gasteiger partial charge is 0.399 e. The number of benzene rings is 1. The number of piperazine rings is 1. The van der Waals surface area contributed by atoms with Crippen molar-refractivity contribution in [2.45, 2.75) is 18.5 Å². The van der Waals surface area contributed by atoms with E-state index in [2.05, 4.69) is 29.0 Å². The van der Waals surface area contributed by atoms with E-state index in [9.17, 15) is 0 Å². The maximum Gasteiger partial charge on any atom is 0.0368 e. The number of nitrogen functional groups attached to an aromatic ring is 1. The van der Waals surface area contributed by atoms with Gasteiger partial charge in [0.25, 0.3) is 0 Å². The van der Waals surface area contributed by atoms with Gasteiger partial charge in [0.15, 0.2) is 0 Å². The van der Waals surface area contributed by atoms with Crippen LogP contribution in [-0.4, -0.2) is 37.1 Å². The van der Waals surface area contributed by atoms with Crippen molar-refractivity contribution in [2.75, 3.05) is 30.8 Å². The lowest BCUT2D eigenvalue weighted by Gasteiger charge is -2.55. The molecule has 0 saturated carbocycles. The number of anilines is 2. The summed E-state index contributed by atoms with van der Waals surface area (Å²) >= 11 is 0. The normalized spacial score (nSPS) is 30.1. The average molecular weight is 203 g/mol. The smallest absolute Gasteiger partial charge is 0.0368 e. The molecule has 2 atom stereocenters. The van der Waals surface area contributed by atoms with Gasteiger partial charge in [0, 0.05) is 36.5 Å². The summed E-state index contributed by atoms with van der Waals surface area (Å²) in [5.74, 6) is 0. The van der Waals surface area contributed by atoms with Gasteiger partial charge in [-0.25, -0.2) is 0 Å². The van der Waals surface area contributed by atoms with Crippen LogP contribution in [0.1, 0.15) is 6.42 Å². The lowest BCUT2D eigenvalue weighted by atomic mass is 9.88. The Bertz CT molecular complexity index is 348. The Hall–Kier alpha value is -1.22. The van der Waals surface area contributed by atoms with E-state index in [0.29, 0.717) is 0 Å². The Morgan fingerprint density at radius 3 is 2.27 bits per heavy atom. The van der Waals surface area contributed by atoms with E-state index in [1.54, 1.807) is 0 Å². The van der Waals surface area contributed by atoms with Gasteiger partial charge in [0.1, 0.15) is 0 Å². The molecule has 15 heavy (non-hydrogen) atoms. The molecule has 3 heteroatoms. The van der Waals surface area contributed by atoms with Crippen molar-refractivity contribution >= 4 is 11.4 Å². The number of nitrogens with two attached hydrogens (primary N) is 1. The number of likely N-dealkylation sites (N-methyl/N-ethyl adjacent to an activating group) is 1. The summed E-state index contributed by atoms with van der Waals surface area (Å²) in [5.41, 5.74) is 7.85. The van der Waals surface area contributed by atoms with Crippen molar-refractivity contribution < 1.29 is 0 Å². The quantitative estimate of drug-likeness (QED) is 0.695. The molecule has 0 aliphatic carbocycles. The van der Waals surface area contributed by atoms with E-state index >= 15 is 0 Å². The minimum atomic E-state index is 0.765. The van der Waals surface area contributed by atoms with E-state index in [-0.39, 0.29) is 0 Å². The van der Waals surface area contributed by atoms with Crippen molar-refractivity contribution in [3.63, 3.8) is 0 Å². The molecule has 1 aromatic carbocycles. The number of fused-ring (bicyclic) bond motifs is 2. The second-order valence-corrected chi connectivity index (χ2v) is 4.71. The van der Waals surface area contributed by atoms with Gasteiger partial charge in [-0.1, -0.05) is 0 Å². The minimum absolute atomic E-state index is 0.765. The molecule has 3 nitrogen and oxygen atoms in total. The number of nitrogens with zero attached hydrogens (tertiary/aromatic N) is 2. The molecule has 2 N–H and O–H groups in total. The van der Waals surface area contributed by atoms with E-state index in [1.165, 1.54) is 12.1 Å². The Balaban J connectivity index is 1.77. The van der Waals surface area contributed by atoms with Crippen molar-refractivity contribution in [1.29, 1.82) is 0 Å². The second-order valence-electron chi connectivity index (χ2n) is 4.71. The molecule has 4 rings (SSSR count). The monoisotopic (exact) mass is 203 g/mol. The number of hydrogen-bond donors (Lipinski definition) is 1. The topological polar surface area (TPSA) is 32.5 Å². The van der Waals surface area contributed by atoms with Gasteiger partial charge in [-0.2, -0.15) is 0 Å². The fraction of sp³-hybridized carbons (Fsp3) is 0.500. The minimum Gasteiger partial charge on any atom is -0.399 e. The predicted molar refractivity (Wildman–Crippen MR) is 63.0 cm³/mol. The van der Waals surface area contributed by atoms with Gasteiger partial charge in [-0.05, 0) is 37.7 Å². The summed E-state index contributed by atoms with van der Waals surface area (Å²) < 4.78 is 0. The van der Waals surface area contributed by atoms with E-state index < -0.39 is 0 Å². The number of rotatable bonds is 1. The first-order chi connectivity index (χ1) is 7.24. The van der Waals surface area contributed by atoms with Gasteiger partial charge in [0.2, 0.25) is 0 Å². The zero-order valence-electron chi connectivity index (χ0n) is 9.06. The second kappa shape index (κ2) is 3.14. The number of hydrogen-bond acceptors (Lipinski definition) is 3. The highest BCUT2D eigenvalue weighted by molar-refractivity contribution is 5.54. The van der Waals surface area contributed by atoms with Crippen LogP contribution in [-0.2, 0) is 0 Å². The molecular weight excluding hydrogens is 186 g/mol. The third-order valence-corrected chi connectivity index (χ3v) is 3.82. The van der Waals surface area contributed by atoms with Crippen LogP contribution in [0.15, 0.2) is 24.3 Å². The first-order valence-electron chi connectivity index (χ1n) is 5.56. The Morgan fingerprint density at radius 1 is 1.13 bits per heavy atom. The molecule has 0 radical (unpaired) electrons. The van der Waals surface area contributed by atoms with E-state index in [0.717, 1.165) is 30.9 Å². The van der Waals surface area contributed by atoms with Crippen LogP contribution in [0.5, 0.6) is 0 Å². The Morgan fingerprint density at radius 2 is 1.73 bits per heavy atom. The first kappa shape index (κ1) is 9.04. The molecule has 3 saturated heterocycles. The van der Waals surface area contributed by atoms with Crippen LogP contribution < -0.4 is 10.6 Å². The summed E-state index contributed by atoms with van der Waals surface area (Å²) in [6.07, 6.45) is 1.38. The number of piperidine rings is 1. The third kappa shape index (κ3) is 1.38.